The highest BCUT2D eigenvalue weighted by molar-refractivity contribution is 7.98. The SMILES string of the molecule is CCCCn1c(N)c(N(CCOC)C(=O)[C@@H]2CC(=O)N(c3cccc(SC)c3)C2)c(=O)[nH]c1=O. The number of amides is 2. The number of nitrogen functional groups attached to an aromatic ring is 1. The number of nitrogens with one attached hydrogen (secondary N) is 1. The molecule has 0 unspecified atom stereocenters. The predicted molar refractivity (Wildman–Crippen MR) is 134 cm³/mol. The van der Waals surface area contributed by atoms with Gasteiger partial charge >= 0.3 is 5.69 Å². The van der Waals surface area contributed by atoms with Crippen molar-refractivity contribution in [2.45, 2.75) is 37.6 Å². The number of H-pyrrole nitrogens is 1. The normalized spacial score (nSPS) is 15.7. The summed E-state index contributed by atoms with van der Waals surface area (Å²) in [6, 6.07) is 7.56. The van der Waals surface area contributed by atoms with Crippen LogP contribution in [0.4, 0.5) is 17.2 Å². The number of carbonyl (C=O) groups excluding carboxylic acids is 2. The highest BCUT2D eigenvalue weighted by atomic mass is 32.2. The molecule has 1 fully saturated rings. The number of hydrogen-bond acceptors (Lipinski definition) is 7. The summed E-state index contributed by atoms with van der Waals surface area (Å²) in [5.74, 6) is -1.32. The second kappa shape index (κ2) is 11.4. The molecule has 34 heavy (non-hydrogen) atoms. The molecule has 0 bridgehead atoms. The summed E-state index contributed by atoms with van der Waals surface area (Å²) < 4.78 is 6.42. The predicted octanol–water partition coefficient (Wildman–Crippen LogP) is 1.67. The number of methoxy groups -OCH3 is 1. The molecule has 2 aromatic rings. The molecule has 2 amide bonds. The third-order valence-electron chi connectivity index (χ3n) is 5.84. The lowest BCUT2D eigenvalue weighted by molar-refractivity contribution is -0.124. The Balaban J connectivity index is 1.95. The van der Waals surface area contributed by atoms with Crippen LogP contribution in [0.25, 0.3) is 0 Å². The zero-order chi connectivity index (χ0) is 24.8. The molecule has 0 spiro atoms. The topological polar surface area (TPSA) is 131 Å². The molecular formula is C23H31N5O5S. The van der Waals surface area contributed by atoms with Crippen LogP contribution in [0.2, 0.25) is 0 Å². The molecule has 1 aromatic heterocycles. The van der Waals surface area contributed by atoms with Crippen molar-refractivity contribution in [1.29, 1.82) is 0 Å². The fourth-order valence-corrected chi connectivity index (χ4v) is 4.47. The Kier molecular flexibility index (Phi) is 8.56. The molecule has 1 aliphatic heterocycles. The van der Waals surface area contributed by atoms with Gasteiger partial charge in [-0.05, 0) is 30.9 Å². The standard InChI is InChI=1S/C23H31N5O5S/c1-4-5-9-27-20(24)19(21(30)25-23(27)32)26(10-11-33-2)22(31)15-12-18(29)28(14-15)16-7-6-8-17(13-16)34-3/h6-8,13,15H,4-5,9-12,14,24H2,1-3H3,(H,25,30,32)/t15-/m1/s1. The third-order valence-corrected chi connectivity index (χ3v) is 6.57. The number of nitrogens with zero attached hydrogens (tertiary/aromatic N) is 3. The molecule has 3 rings (SSSR count). The van der Waals surface area contributed by atoms with Gasteiger partial charge in [0.05, 0.1) is 12.5 Å². The van der Waals surface area contributed by atoms with Crippen LogP contribution in [-0.4, -0.2) is 54.4 Å². The molecule has 1 saturated heterocycles. The molecule has 1 aromatic carbocycles. The second-order valence-corrected chi connectivity index (χ2v) is 8.97. The van der Waals surface area contributed by atoms with Gasteiger partial charge in [-0.15, -0.1) is 11.8 Å². The first-order valence-corrected chi connectivity index (χ1v) is 12.4. The molecule has 184 valence electrons. The smallest absolute Gasteiger partial charge is 0.330 e. The number of ether oxygens (including phenoxy) is 1. The van der Waals surface area contributed by atoms with E-state index in [1.165, 1.54) is 16.6 Å². The summed E-state index contributed by atoms with van der Waals surface area (Å²) in [5.41, 5.74) is 5.52. The summed E-state index contributed by atoms with van der Waals surface area (Å²) >= 11 is 1.57. The van der Waals surface area contributed by atoms with Crippen molar-refractivity contribution in [3.05, 3.63) is 45.1 Å². The first kappa shape index (κ1) is 25.6. The Labute approximate surface area is 202 Å². The first-order chi connectivity index (χ1) is 16.3. The van der Waals surface area contributed by atoms with Crippen molar-refractivity contribution in [2.24, 2.45) is 5.92 Å². The minimum absolute atomic E-state index is 0.0130. The number of benzene rings is 1. The molecule has 1 aliphatic rings. The zero-order valence-corrected chi connectivity index (χ0v) is 20.5. The quantitative estimate of drug-likeness (QED) is 0.486. The maximum atomic E-state index is 13.6. The summed E-state index contributed by atoms with van der Waals surface area (Å²) in [5, 5.41) is 0. The van der Waals surface area contributed by atoms with Crippen molar-refractivity contribution in [2.75, 3.05) is 48.6 Å². The third kappa shape index (κ3) is 5.36. The first-order valence-electron chi connectivity index (χ1n) is 11.2. The van der Waals surface area contributed by atoms with E-state index in [4.69, 9.17) is 10.5 Å². The molecule has 1 atom stereocenters. The van der Waals surface area contributed by atoms with Gasteiger partial charge in [0.25, 0.3) is 5.56 Å². The summed E-state index contributed by atoms with van der Waals surface area (Å²) in [4.78, 5) is 57.6. The van der Waals surface area contributed by atoms with Crippen LogP contribution in [0.5, 0.6) is 0 Å². The minimum atomic E-state index is -0.742. The maximum absolute atomic E-state index is 13.6. The number of nitrogens with two attached hydrogens (primary N) is 1. The average molecular weight is 490 g/mol. The van der Waals surface area contributed by atoms with E-state index in [-0.39, 0.29) is 43.5 Å². The molecule has 10 nitrogen and oxygen atoms in total. The van der Waals surface area contributed by atoms with Gasteiger partial charge in [-0.1, -0.05) is 19.4 Å². The van der Waals surface area contributed by atoms with Crippen LogP contribution >= 0.6 is 11.8 Å². The van der Waals surface area contributed by atoms with Crippen LogP contribution in [0.3, 0.4) is 0 Å². The van der Waals surface area contributed by atoms with Gasteiger partial charge in [0.15, 0.2) is 5.69 Å². The second-order valence-electron chi connectivity index (χ2n) is 8.09. The Hall–Kier alpha value is -3.05. The maximum Gasteiger partial charge on any atom is 0.330 e. The van der Waals surface area contributed by atoms with Crippen molar-refractivity contribution in [3.63, 3.8) is 0 Å². The molecule has 2 heterocycles. The fraction of sp³-hybridized carbons (Fsp3) is 0.478. The molecule has 11 heteroatoms. The average Bonchev–Trinajstić information content (AvgIpc) is 3.22. The van der Waals surface area contributed by atoms with Crippen molar-refractivity contribution < 1.29 is 14.3 Å². The van der Waals surface area contributed by atoms with Crippen LogP contribution < -0.4 is 26.8 Å². The summed E-state index contributed by atoms with van der Waals surface area (Å²) in [7, 11) is 1.48. The number of aromatic nitrogens is 2. The van der Waals surface area contributed by atoms with Gasteiger partial charge in [-0.3, -0.25) is 23.9 Å². The number of anilines is 3. The van der Waals surface area contributed by atoms with E-state index in [1.54, 1.807) is 16.7 Å². The van der Waals surface area contributed by atoms with Gasteiger partial charge in [0, 0.05) is 43.7 Å². The Morgan fingerprint density at radius 1 is 1.32 bits per heavy atom. The number of unbranched alkanes of at least 4 members (excludes halogenated alkanes) is 1. The number of rotatable bonds is 10. The number of aromatic amines is 1. The monoisotopic (exact) mass is 489 g/mol. The van der Waals surface area contributed by atoms with Gasteiger partial charge in [0.2, 0.25) is 11.8 Å². The van der Waals surface area contributed by atoms with E-state index in [0.717, 1.165) is 17.0 Å². The van der Waals surface area contributed by atoms with Crippen LogP contribution in [0.1, 0.15) is 26.2 Å². The van der Waals surface area contributed by atoms with Crippen molar-refractivity contribution >= 4 is 40.8 Å². The highest BCUT2D eigenvalue weighted by Gasteiger charge is 2.39. The fourth-order valence-electron chi connectivity index (χ4n) is 4.01. The summed E-state index contributed by atoms with van der Waals surface area (Å²) in [6.45, 7) is 2.69. The van der Waals surface area contributed by atoms with Crippen LogP contribution in [0, 0.1) is 5.92 Å². The Bertz CT molecular complexity index is 1160. The van der Waals surface area contributed by atoms with Crippen molar-refractivity contribution in [3.8, 4) is 0 Å². The lowest BCUT2D eigenvalue weighted by Gasteiger charge is -2.26. The van der Waals surface area contributed by atoms with E-state index < -0.39 is 23.1 Å². The van der Waals surface area contributed by atoms with Gasteiger partial charge < -0.3 is 20.3 Å². The van der Waals surface area contributed by atoms with Gasteiger partial charge in [0.1, 0.15) is 5.82 Å². The lowest BCUT2D eigenvalue weighted by Crippen LogP contribution is -2.45. The van der Waals surface area contributed by atoms with E-state index >= 15 is 0 Å². The highest BCUT2D eigenvalue weighted by Crippen LogP contribution is 2.30. The van der Waals surface area contributed by atoms with Crippen LogP contribution in [0.15, 0.2) is 38.8 Å². The molecule has 0 saturated carbocycles. The number of hydrogen-bond donors (Lipinski definition) is 2. The lowest BCUT2D eigenvalue weighted by atomic mass is 10.1. The van der Waals surface area contributed by atoms with E-state index in [1.807, 2.05) is 37.4 Å². The Morgan fingerprint density at radius 2 is 2.09 bits per heavy atom. The number of carbonyl (C=O) groups is 2. The summed E-state index contributed by atoms with van der Waals surface area (Å²) in [6.07, 6.45) is 3.47. The molecule has 3 N–H and O–H groups in total. The molecule has 0 radical (unpaired) electrons. The van der Waals surface area contributed by atoms with E-state index in [9.17, 15) is 19.2 Å². The van der Waals surface area contributed by atoms with Crippen molar-refractivity contribution in [1.82, 2.24) is 9.55 Å². The van der Waals surface area contributed by atoms with Gasteiger partial charge in [-0.2, -0.15) is 0 Å². The largest absolute Gasteiger partial charge is 0.383 e. The zero-order valence-electron chi connectivity index (χ0n) is 19.7. The molecular weight excluding hydrogens is 458 g/mol. The van der Waals surface area contributed by atoms with E-state index in [2.05, 4.69) is 4.98 Å². The Morgan fingerprint density at radius 3 is 2.76 bits per heavy atom. The minimum Gasteiger partial charge on any atom is -0.383 e. The number of thioether (sulfide) groups is 1. The molecule has 0 aliphatic carbocycles. The van der Waals surface area contributed by atoms with Crippen LogP contribution in [-0.2, 0) is 20.9 Å². The van der Waals surface area contributed by atoms with Gasteiger partial charge in [-0.25, -0.2) is 4.79 Å². The van der Waals surface area contributed by atoms with E-state index in [0.29, 0.717) is 13.0 Å².